The fourth-order valence-electron chi connectivity index (χ4n) is 1.99. The summed E-state index contributed by atoms with van der Waals surface area (Å²) in [5.41, 5.74) is 0.947. The van der Waals surface area contributed by atoms with Crippen LogP contribution in [-0.4, -0.2) is 13.1 Å². The summed E-state index contributed by atoms with van der Waals surface area (Å²) in [5.74, 6) is -0.281. The van der Waals surface area contributed by atoms with Crippen LogP contribution in [0.1, 0.15) is 19.4 Å². The minimum absolute atomic E-state index is 0.281. The van der Waals surface area contributed by atoms with Crippen LogP contribution in [0, 0.1) is 0 Å². The Hall–Kier alpha value is -2.09. The van der Waals surface area contributed by atoms with Gasteiger partial charge in [-0.25, -0.2) is 0 Å². The van der Waals surface area contributed by atoms with Crippen molar-refractivity contribution in [3.05, 3.63) is 73.4 Å². The van der Waals surface area contributed by atoms with Gasteiger partial charge < -0.3 is 4.74 Å². The van der Waals surface area contributed by atoms with Crippen LogP contribution >= 0.6 is 0 Å². The molecule has 1 aromatic rings. The second-order valence-corrected chi connectivity index (χ2v) is 3.93. The van der Waals surface area contributed by atoms with Crippen molar-refractivity contribution in [2.24, 2.45) is 0 Å². The van der Waals surface area contributed by atoms with Crippen LogP contribution in [0.25, 0.3) is 0 Å². The SMILES string of the molecule is C=C.C=C/C(=C\C)C(C)(C(=O)OC)c1ccccc1. The van der Waals surface area contributed by atoms with E-state index in [9.17, 15) is 4.79 Å². The first kappa shape index (κ1) is 16.9. The average molecular weight is 258 g/mol. The number of carbonyl (C=O) groups is 1. The van der Waals surface area contributed by atoms with Gasteiger partial charge in [-0.2, -0.15) is 0 Å². The first-order valence-electron chi connectivity index (χ1n) is 6.04. The Kier molecular flexibility index (Phi) is 7.20. The van der Waals surface area contributed by atoms with Crippen LogP contribution in [0.2, 0.25) is 0 Å². The van der Waals surface area contributed by atoms with Gasteiger partial charge in [-0.15, -0.1) is 13.2 Å². The molecule has 0 spiro atoms. The smallest absolute Gasteiger partial charge is 0.320 e. The summed E-state index contributed by atoms with van der Waals surface area (Å²) < 4.78 is 4.93. The fraction of sp³-hybridized carbons (Fsp3) is 0.235. The maximum absolute atomic E-state index is 12.1. The Balaban J connectivity index is 0.00000154. The van der Waals surface area contributed by atoms with E-state index in [-0.39, 0.29) is 5.97 Å². The van der Waals surface area contributed by atoms with E-state index in [2.05, 4.69) is 19.7 Å². The Bertz CT molecular complexity index is 446. The lowest BCUT2D eigenvalue weighted by Crippen LogP contribution is -2.35. The maximum atomic E-state index is 12.1. The number of rotatable bonds is 4. The summed E-state index contributed by atoms with van der Waals surface area (Å²) in [6, 6.07) is 9.58. The molecule has 0 N–H and O–H groups in total. The quantitative estimate of drug-likeness (QED) is 0.462. The molecule has 102 valence electrons. The van der Waals surface area contributed by atoms with Gasteiger partial charge >= 0.3 is 5.97 Å². The predicted molar refractivity (Wildman–Crippen MR) is 81.0 cm³/mol. The minimum Gasteiger partial charge on any atom is -0.468 e. The molecule has 0 saturated heterocycles. The van der Waals surface area contributed by atoms with E-state index in [1.54, 1.807) is 6.08 Å². The molecule has 0 aromatic heterocycles. The highest BCUT2D eigenvalue weighted by Crippen LogP contribution is 2.33. The van der Waals surface area contributed by atoms with Gasteiger partial charge in [0.2, 0.25) is 0 Å². The van der Waals surface area contributed by atoms with Crippen molar-refractivity contribution in [1.82, 2.24) is 0 Å². The summed E-state index contributed by atoms with van der Waals surface area (Å²) in [7, 11) is 1.40. The van der Waals surface area contributed by atoms with E-state index in [0.29, 0.717) is 0 Å². The molecule has 0 aliphatic carbocycles. The van der Waals surface area contributed by atoms with Crippen molar-refractivity contribution in [2.45, 2.75) is 19.3 Å². The van der Waals surface area contributed by atoms with Crippen molar-refractivity contribution in [1.29, 1.82) is 0 Å². The highest BCUT2D eigenvalue weighted by Gasteiger charge is 2.38. The Morgan fingerprint density at radius 1 is 1.26 bits per heavy atom. The molecule has 0 aliphatic heterocycles. The molecule has 1 aromatic carbocycles. The van der Waals surface area contributed by atoms with Crippen molar-refractivity contribution < 1.29 is 9.53 Å². The summed E-state index contributed by atoms with van der Waals surface area (Å²) in [5, 5.41) is 0. The highest BCUT2D eigenvalue weighted by atomic mass is 16.5. The van der Waals surface area contributed by atoms with Crippen LogP contribution in [0.15, 0.2) is 67.8 Å². The average Bonchev–Trinajstić information content (AvgIpc) is 2.50. The van der Waals surface area contributed by atoms with Gasteiger partial charge in [0.05, 0.1) is 7.11 Å². The van der Waals surface area contributed by atoms with Crippen molar-refractivity contribution in [2.75, 3.05) is 7.11 Å². The van der Waals surface area contributed by atoms with Gasteiger partial charge in [0.25, 0.3) is 0 Å². The number of hydrogen-bond donors (Lipinski definition) is 0. The minimum atomic E-state index is -0.799. The first-order chi connectivity index (χ1) is 9.11. The molecule has 1 rings (SSSR count). The van der Waals surface area contributed by atoms with Gasteiger partial charge in [0.15, 0.2) is 0 Å². The Morgan fingerprint density at radius 2 is 1.79 bits per heavy atom. The Morgan fingerprint density at radius 3 is 2.16 bits per heavy atom. The largest absolute Gasteiger partial charge is 0.468 e. The van der Waals surface area contributed by atoms with Crippen LogP contribution in [0.4, 0.5) is 0 Å². The Labute approximate surface area is 116 Å². The summed E-state index contributed by atoms with van der Waals surface area (Å²) in [6.07, 6.45) is 3.58. The second kappa shape index (κ2) is 8.09. The third kappa shape index (κ3) is 3.44. The molecule has 0 saturated carbocycles. The zero-order valence-electron chi connectivity index (χ0n) is 12.0. The molecule has 0 radical (unpaired) electrons. The number of allylic oxidation sites excluding steroid dienone is 2. The standard InChI is InChI=1S/C15H18O2.C2H4/c1-5-12(6-2)15(3,14(16)17-4)13-10-8-7-9-11-13;1-2/h5-11H,1H2,2-4H3;1-2H2/b12-6+;. The molecular weight excluding hydrogens is 236 g/mol. The number of esters is 1. The van der Waals surface area contributed by atoms with Crippen LogP contribution in [-0.2, 0) is 14.9 Å². The van der Waals surface area contributed by atoms with Gasteiger partial charge in [-0.05, 0) is 25.0 Å². The van der Waals surface area contributed by atoms with Crippen molar-refractivity contribution in [3.63, 3.8) is 0 Å². The lowest BCUT2D eigenvalue weighted by molar-refractivity contribution is -0.145. The molecule has 0 heterocycles. The topological polar surface area (TPSA) is 26.3 Å². The number of methoxy groups -OCH3 is 1. The monoisotopic (exact) mass is 258 g/mol. The van der Waals surface area contributed by atoms with E-state index < -0.39 is 5.41 Å². The molecule has 0 amide bonds. The van der Waals surface area contributed by atoms with Gasteiger partial charge in [0, 0.05) is 0 Å². The molecule has 2 heteroatoms. The lowest BCUT2D eigenvalue weighted by Gasteiger charge is -2.28. The van der Waals surface area contributed by atoms with Gasteiger partial charge in [-0.1, -0.05) is 49.1 Å². The zero-order chi connectivity index (χ0) is 14.9. The van der Waals surface area contributed by atoms with Gasteiger partial charge in [0.1, 0.15) is 5.41 Å². The molecule has 19 heavy (non-hydrogen) atoms. The zero-order valence-corrected chi connectivity index (χ0v) is 12.0. The molecule has 0 aliphatic rings. The molecular formula is C17H22O2. The van der Waals surface area contributed by atoms with Crippen LogP contribution < -0.4 is 0 Å². The van der Waals surface area contributed by atoms with Gasteiger partial charge in [-0.3, -0.25) is 4.79 Å². The van der Waals surface area contributed by atoms with E-state index in [4.69, 9.17) is 4.74 Å². The highest BCUT2D eigenvalue weighted by molar-refractivity contribution is 5.87. The second-order valence-electron chi connectivity index (χ2n) is 3.93. The summed E-state index contributed by atoms with van der Waals surface area (Å²) in [6.45, 7) is 13.5. The van der Waals surface area contributed by atoms with Crippen LogP contribution in [0.5, 0.6) is 0 Å². The molecule has 1 unspecified atom stereocenters. The summed E-state index contributed by atoms with van der Waals surface area (Å²) >= 11 is 0. The third-order valence-electron chi connectivity index (χ3n) is 3.05. The van der Waals surface area contributed by atoms with Crippen molar-refractivity contribution in [3.8, 4) is 0 Å². The number of hydrogen-bond acceptors (Lipinski definition) is 2. The molecule has 2 nitrogen and oxygen atoms in total. The molecule has 0 bridgehead atoms. The van der Waals surface area contributed by atoms with Crippen LogP contribution in [0.3, 0.4) is 0 Å². The van der Waals surface area contributed by atoms with Crippen molar-refractivity contribution >= 4 is 5.97 Å². The first-order valence-corrected chi connectivity index (χ1v) is 6.04. The summed E-state index contributed by atoms with van der Waals surface area (Å²) in [4.78, 5) is 12.1. The maximum Gasteiger partial charge on any atom is 0.320 e. The van der Waals surface area contributed by atoms with E-state index in [1.165, 1.54) is 7.11 Å². The third-order valence-corrected chi connectivity index (χ3v) is 3.05. The normalized spacial score (nSPS) is 13.5. The fourth-order valence-corrected chi connectivity index (χ4v) is 1.99. The van der Waals surface area contributed by atoms with E-state index in [0.717, 1.165) is 11.1 Å². The lowest BCUT2D eigenvalue weighted by atomic mass is 9.75. The number of carbonyl (C=O) groups excluding carboxylic acids is 1. The van der Waals surface area contributed by atoms with E-state index >= 15 is 0 Å². The molecule has 1 atom stereocenters. The number of ether oxygens (including phenoxy) is 1. The van der Waals surface area contributed by atoms with E-state index in [1.807, 2.05) is 50.3 Å². The number of benzene rings is 1. The predicted octanol–water partition coefficient (Wildman–Crippen LogP) is 4.05. The molecule has 0 fully saturated rings.